The first-order chi connectivity index (χ1) is 20.6. The first-order valence-electron chi connectivity index (χ1n) is 15.5. The topological polar surface area (TPSA) is 129 Å². The first-order valence-corrected chi connectivity index (χ1v) is 15.5. The van der Waals surface area contributed by atoms with Crippen LogP contribution in [0, 0.1) is 0 Å². The molecule has 1 fully saturated rings. The SMILES string of the molecule is CC(C)(C)OC(=O)NC(CCCNC(=O)OCC1c2ccccc2-c2ccccc21)C(=O)NC1CC(C)(C)N(O)C(C)(C)C1. The van der Waals surface area contributed by atoms with Crippen LogP contribution in [0.4, 0.5) is 9.59 Å². The predicted molar refractivity (Wildman–Crippen MR) is 168 cm³/mol. The van der Waals surface area contributed by atoms with Gasteiger partial charge in [-0.1, -0.05) is 48.5 Å². The molecule has 1 heterocycles. The maximum atomic E-state index is 13.4. The zero-order valence-electron chi connectivity index (χ0n) is 27.0. The summed E-state index contributed by atoms with van der Waals surface area (Å²) in [6, 6.07) is 15.3. The van der Waals surface area contributed by atoms with Crippen LogP contribution in [-0.2, 0) is 14.3 Å². The minimum atomic E-state index is -0.868. The van der Waals surface area contributed by atoms with Crippen LogP contribution < -0.4 is 16.0 Å². The minimum Gasteiger partial charge on any atom is -0.449 e. The van der Waals surface area contributed by atoms with Crippen molar-refractivity contribution in [3.05, 3.63) is 59.7 Å². The van der Waals surface area contributed by atoms with E-state index in [-0.39, 0.29) is 37.4 Å². The van der Waals surface area contributed by atoms with Gasteiger partial charge in [0.1, 0.15) is 18.2 Å². The van der Waals surface area contributed by atoms with Gasteiger partial charge >= 0.3 is 12.2 Å². The van der Waals surface area contributed by atoms with E-state index in [4.69, 9.17) is 9.47 Å². The molecule has 0 bridgehead atoms. The zero-order valence-corrected chi connectivity index (χ0v) is 27.0. The third-order valence-electron chi connectivity index (χ3n) is 8.28. The summed E-state index contributed by atoms with van der Waals surface area (Å²) >= 11 is 0. The smallest absolute Gasteiger partial charge is 0.408 e. The van der Waals surface area contributed by atoms with E-state index in [0.717, 1.165) is 22.3 Å². The molecule has 1 saturated heterocycles. The number of ether oxygens (including phenoxy) is 2. The number of alkyl carbamates (subject to hydrolysis) is 2. The molecule has 4 N–H and O–H groups in total. The fourth-order valence-electron chi connectivity index (χ4n) is 6.54. The van der Waals surface area contributed by atoms with E-state index in [1.165, 1.54) is 5.06 Å². The van der Waals surface area contributed by atoms with Gasteiger partial charge in [0, 0.05) is 29.6 Å². The molecule has 0 spiro atoms. The number of carbonyl (C=O) groups excluding carboxylic acids is 3. The van der Waals surface area contributed by atoms with Crippen molar-refractivity contribution in [3.63, 3.8) is 0 Å². The summed E-state index contributed by atoms with van der Waals surface area (Å²) in [7, 11) is 0. The number of rotatable bonds is 9. The van der Waals surface area contributed by atoms with Crippen LogP contribution in [-0.4, -0.2) is 70.3 Å². The predicted octanol–water partition coefficient (Wildman–Crippen LogP) is 5.73. The Bertz CT molecular complexity index is 1290. The van der Waals surface area contributed by atoms with Crippen LogP contribution in [0.1, 0.15) is 91.2 Å². The summed E-state index contributed by atoms with van der Waals surface area (Å²) in [6.45, 7) is 13.5. The van der Waals surface area contributed by atoms with E-state index in [1.807, 2.05) is 52.0 Å². The molecular weight excluding hydrogens is 560 g/mol. The van der Waals surface area contributed by atoms with Gasteiger partial charge in [-0.15, -0.1) is 0 Å². The van der Waals surface area contributed by atoms with Gasteiger partial charge in [0.05, 0.1) is 0 Å². The molecule has 1 unspecified atom stereocenters. The van der Waals surface area contributed by atoms with Gasteiger partial charge in [0.15, 0.2) is 0 Å². The number of amides is 3. The van der Waals surface area contributed by atoms with Gasteiger partial charge in [0.2, 0.25) is 5.91 Å². The lowest BCUT2D eigenvalue weighted by Gasteiger charge is -2.51. The van der Waals surface area contributed by atoms with E-state index in [9.17, 15) is 19.6 Å². The van der Waals surface area contributed by atoms with Crippen molar-refractivity contribution in [2.75, 3.05) is 13.2 Å². The van der Waals surface area contributed by atoms with Gasteiger partial charge in [-0.25, -0.2) is 9.59 Å². The third kappa shape index (κ3) is 8.09. The van der Waals surface area contributed by atoms with Crippen LogP contribution in [0.5, 0.6) is 0 Å². The Kier molecular flexibility index (Phi) is 9.95. The van der Waals surface area contributed by atoms with E-state index >= 15 is 0 Å². The number of hydroxylamine groups is 2. The number of carbonyl (C=O) groups is 3. The Morgan fingerprint density at radius 3 is 2.02 bits per heavy atom. The van der Waals surface area contributed by atoms with Crippen molar-refractivity contribution < 1.29 is 29.1 Å². The van der Waals surface area contributed by atoms with Crippen LogP contribution in [0.15, 0.2) is 48.5 Å². The maximum absolute atomic E-state index is 13.4. The molecule has 3 amide bonds. The summed E-state index contributed by atoms with van der Waals surface area (Å²) in [5, 5.41) is 20.5. The zero-order chi connectivity index (χ0) is 32.3. The molecule has 44 heavy (non-hydrogen) atoms. The highest BCUT2D eigenvalue weighted by molar-refractivity contribution is 5.86. The lowest BCUT2D eigenvalue weighted by atomic mass is 9.79. The Morgan fingerprint density at radius 1 is 0.932 bits per heavy atom. The Balaban J connectivity index is 1.31. The van der Waals surface area contributed by atoms with E-state index in [2.05, 4.69) is 40.2 Å². The summed E-state index contributed by atoms with van der Waals surface area (Å²) in [5.41, 5.74) is 2.79. The number of hydrogen-bond donors (Lipinski definition) is 4. The quantitative estimate of drug-likeness (QED) is 0.268. The molecule has 1 atom stereocenters. The van der Waals surface area contributed by atoms with Crippen molar-refractivity contribution in [1.82, 2.24) is 21.0 Å². The summed E-state index contributed by atoms with van der Waals surface area (Å²) in [4.78, 5) is 38.6. The van der Waals surface area contributed by atoms with Crippen LogP contribution >= 0.6 is 0 Å². The number of nitrogens with one attached hydrogen (secondary N) is 3. The minimum absolute atomic E-state index is 0.0353. The lowest BCUT2D eigenvalue weighted by molar-refractivity contribution is -0.246. The van der Waals surface area contributed by atoms with Crippen molar-refractivity contribution in [3.8, 4) is 11.1 Å². The standard InChI is InChI=1S/C34H48N4O6/c1-32(2,3)44-31(41)37-28(29(39)36-22-19-33(4,5)38(42)34(6,7)20-22)17-12-18-35-30(40)43-21-27-25-15-10-8-13-23(25)24-14-9-11-16-26(24)27/h8-11,13-16,22,27-28,42H,12,17-21H2,1-7H3,(H,35,40)(H,36,39)(H,37,41). The maximum Gasteiger partial charge on any atom is 0.408 e. The van der Waals surface area contributed by atoms with E-state index in [0.29, 0.717) is 19.3 Å². The van der Waals surface area contributed by atoms with E-state index in [1.54, 1.807) is 20.8 Å². The highest BCUT2D eigenvalue weighted by Gasteiger charge is 2.45. The van der Waals surface area contributed by atoms with Crippen molar-refractivity contribution >= 4 is 18.1 Å². The molecule has 0 aromatic heterocycles. The van der Waals surface area contributed by atoms with Crippen LogP contribution in [0.3, 0.4) is 0 Å². The van der Waals surface area contributed by atoms with Gasteiger partial charge in [-0.3, -0.25) is 4.79 Å². The van der Waals surface area contributed by atoms with Gasteiger partial charge in [0.25, 0.3) is 0 Å². The normalized spacial score (nSPS) is 18.5. The summed E-state index contributed by atoms with van der Waals surface area (Å²) < 4.78 is 11.0. The second-order valence-corrected chi connectivity index (χ2v) is 14.1. The van der Waals surface area contributed by atoms with Crippen LogP contribution in [0.2, 0.25) is 0 Å². The highest BCUT2D eigenvalue weighted by atomic mass is 16.6. The molecule has 240 valence electrons. The molecule has 2 aliphatic rings. The number of benzene rings is 2. The number of hydrogen-bond acceptors (Lipinski definition) is 7. The number of nitrogens with zero attached hydrogens (tertiary/aromatic N) is 1. The molecule has 10 heteroatoms. The summed E-state index contributed by atoms with van der Waals surface area (Å²) in [5.74, 6) is -0.369. The largest absolute Gasteiger partial charge is 0.449 e. The fourth-order valence-corrected chi connectivity index (χ4v) is 6.54. The van der Waals surface area contributed by atoms with Crippen molar-refractivity contribution in [1.29, 1.82) is 0 Å². The molecule has 0 radical (unpaired) electrons. The molecule has 1 aliphatic heterocycles. The molecule has 4 rings (SSSR count). The molecule has 2 aromatic carbocycles. The molecule has 2 aromatic rings. The van der Waals surface area contributed by atoms with Gasteiger partial charge < -0.3 is 30.6 Å². The average molecular weight is 609 g/mol. The highest BCUT2D eigenvalue weighted by Crippen LogP contribution is 2.44. The van der Waals surface area contributed by atoms with E-state index < -0.39 is 34.9 Å². The first kappa shape index (κ1) is 33.3. The molecule has 10 nitrogen and oxygen atoms in total. The second kappa shape index (κ2) is 13.2. The second-order valence-electron chi connectivity index (χ2n) is 14.1. The van der Waals surface area contributed by atoms with Crippen molar-refractivity contribution in [2.24, 2.45) is 0 Å². The molecule has 0 saturated carbocycles. The Morgan fingerprint density at radius 2 is 1.48 bits per heavy atom. The molecular formula is C34H48N4O6. The van der Waals surface area contributed by atoms with Crippen LogP contribution in [0.25, 0.3) is 11.1 Å². The van der Waals surface area contributed by atoms with Gasteiger partial charge in [-0.2, -0.15) is 5.06 Å². The fraction of sp³-hybridized carbons (Fsp3) is 0.559. The van der Waals surface area contributed by atoms with Gasteiger partial charge in [-0.05, 0) is 96.4 Å². The number of piperidine rings is 1. The average Bonchev–Trinajstić information content (AvgIpc) is 3.24. The number of fused-ring (bicyclic) bond motifs is 3. The monoisotopic (exact) mass is 608 g/mol. The Labute approximate surface area is 260 Å². The third-order valence-corrected chi connectivity index (χ3v) is 8.28. The van der Waals surface area contributed by atoms with Crippen molar-refractivity contribution in [2.45, 2.75) is 109 Å². The Hall–Kier alpha value is -3.63. The molecule has 1 aliphatic carbocycles. The summed E-state index contributed by atoms with van der Waals surface area (Å²) in [6.07, 6.45) is 0.563. The lowest BCUT2D eigenvalue weighted by Crippen LogP contribution is -2.64.